The number of urea groups is 1. The van der Waals surface area contributed by atoms with Gasteiger partial charge in [0.2, 0.25) is 12.7 Å². The zero-order valence-electron chi connectivity index (χ0n) is 17.6. The quantitative estimate of drug-likeness (QED) is 0.298. The average molecular weight is 441 g/mol. The predicted octanol–water partition coefficient (Wildman–Crippen LogP) is 2.24. The minimum atomic E-state index is -1.04. The molecule has 0 bridgehead atoms. The molecule has 3 aliphatic rings. The van der Waals surface area contributed by atoms with Gasteiger partial charge < -0.3 is 14.8 Å². The third-order valence-corrected chi connectivity index (χ3v) is 5.64. The number of amides is 5. The van der Waals surface area contributed by atoms with Crippen molar-refractivity contribution in [2.45, 2.75) is 39.0 Å². The lowest BCUT2D eigenvalue weighted by atomic mass is 9.97. The van der Waals surface area contributed by atoms with Crippen LogP contribution >= 0.6 is 0 Å². The highest BCUT2D eigenvalue weighted by Gasteiger charge is 2.45. The summed E-state index contributed by atoms with van der Waals surface area (Å²) in [5, 5.41) is 2.52. The Morgan fingerprint density at radius 1 is 1.03 bits per heavy atom. The number of nitrogens with zero attached hydrogens (tertiary/aromatic N) is 2. The van der Waals surface area contributed by atoms with Gasteiger partial charge in [-0.1, -0.05) is 11.6 Å². The van der Waals surface area contributed by atoms with Gasteiger partial charge in [-0.2, -0.15) is 0 Å². The number of fused-ring (bicyclic) bond motifs is 1. The van der Waals surface area contributed by atoms with E-state index in [-0.39, 0.29) is 30.4 Å². The number of imide groups is 2. The van der Waals surface area contributed by atoms with Gasteiger partial charge in [0, 0.05) is 18.2 Å². The number of ether oxygens (including phenoxy) is 2. The van der Waals surface area contributed by atoms with Crippen LogP contribution in [0.4, 0.5) is 10.5 Å². The summed E-state index contributed by atoms with van der Waals surface area (Å²) < 4.78 is 10.5. The van der Waals surface area contributed by atoms with E-state index in [1.807, 2.05) is 0 Å². The van der Waals surface area contributed by atoms with Crippen LogP contribution in [0.5, 0.6) is 11.5 Å². The fraction of sp³-hybridized carbons (Fsp3) is 0.409. The number of allylic oxidation sites excluding steroid dienone is 1. The first-order valence-corrected chi connectivity index (χ1v) is 10.4. The number of benzene rings is 1. The summed E-state index contributed by atoms with van der Waals surface area (Å²) in [4.78, 5) is 63.3. The molecule has 32 heavy (non-hydrogen) atoms. The second-order valence-electron chi connectivity index (χ2n) is 7.84. The first-order valence-electron chi connectivity index (χ1n) is 10.4. The molecule has 1 aromatic carbocycles. The number of hydrogen-bond acceptors (Lipinski definition) is 7. The van der Waals surface area contributed by atoms with Gasteiger partial charge in [-0.05, 0) is 45.1 Å². The van der Waals surface area contributed by atoms with Crippen molar-refractivity contribution in [1.29, 1.82) is 0 Å². The van der Waals surface area contributed by atoms with E-state index in [1.165, 1.54) is 24.6 Å². The summed E-state index contributed by atoms with van der Waals surface area (Å²) in [7, 11) is 0. The number of carbonyl (C=O) groups excluding carboxylic acids is 5. The molecule has 5 amide bonds. The molecule has 2 aliphatic heterocycles. The van der Waals surface area contributed by atoms with E-state index in [4.69, 9.17) is 9.47 Å². The van der Waals surface area contributed by atoms with Gasteiger partial charge in [-0.3, -0.25) is 24.1 Å². The largest absolute Gasteiger partial charge is 0.454 e. The fourth-order valence-corrected chi connectivity index (χ4v) is 3.94. The average Bonchev–Trinajstić information content (AvgIpc) is 3.31. The van der Waals surface area contributed by atoms with Crippen LogP contribution in [0, 0.1) is 0 Å². The van der Waals surface area contributed by atoms with Gasteiger partial charge >= 0.3 is 17.8 Å². The summed E-state index contributed by atoms with van der Waals surface area (Å²) in [6.07, 6.45) is 6.72. The fourth-order valence-electron chi connectivity index (χ4n) is 3.94. The molecule has 1 N–H and O–H groups in total. The maximum Gasteiger partial charge on any atom is 0.334 e. The number of nitrogens with one attached hydrogen (secondary N) is 1. The highest BCUT2D eigenvalue weighted by molar-refractivity contribution is 6.45. The molecule has 168 valence electrons. The second kappa shape index (κ2) is 8.81. The van der Waals surface area contributed by atoms with Crippen LogP contribution in [0.2, 0.25) is 0 Å². The first-order chi connectivity index (χ1) is 15.3. The molecule has 2 heterocycles. The Hall–Kier alpha value is -3.69. The molecule has 1 aliphatic carbocycles. The number of anilines is 1. The van der Waals surface area contributed by atoms with Crippen LogP contribution in [-0.4, -0.2) is 59.2 Å². The van der Waals surface area contributed by atoms with Crippen LogP contribution in [-0.2, 0) is 14.4 Å². The first kappa shape index (κ1) is 21.5. The third-order valence-electron chi connectivity index (χ3n) is 5.64. The molecule has 0 unspecified atom stereocenters. The second-order valence-corrected chi connectivity index (χ2v) is 7.84. The van der Waals surface area contributed by atoms with Crippen LogP contribution in [0.25, 0.3) is 0 Å². The molecule has 10 nitrogen and oxygen atoms in total. The molecule has 0 spiro atoms. The Morgan fingerprint density at radius 2 is 1.75 bits per heavy atom. The highest BCUT2D eigenvalue weighted by Crippen LogP contribution is 2.37. The summed E-state index contributed by atoms with van der Waals surface area (Å²) in [5.41, 5.74) is 1.53. The Kier molecular flexibility index (Phi) is 5.93. The molecule has 0 atom stereocenters. The molecule has 1 fully saturated rings. The van der Waals surface area contributed by atoms with E-state index in [0.717, 1.165) is 30.6 Å². The maximum atomic E-state index is 12.6. The zero-order chi connectivity index (χ0) is 22.8. The van der Waals surface area contributed by atoms with Crippen molar-refractivity contribution in [2.75, 3.05) is 25.2 Å². The van der Waals surface area contributed by atoms with Crippen LogP contribution < -0.4 is 14.8 Å². The van der Waals surface area contributed by atoms with Gasteiger partial charge in [0.25, 0.3) is 0 Å². The van der Waals surface area contributed by atoms with Crippen molar-refractivity contribution >= 4 is 35.2 Å². The van der Waals surface area contributed by atoms with Crippen molar-refractivity contribution < 1.29 is 33.4 Å². The van der Waals surface area contributed by atoms with Gasteiger partial charge in [0.05, 0.1) is 5.69 Å². The summed E-state index contributed by atoms with van der Waals surface area (Å²) in [5.74, 6) is -2.28. The highest BCUT2D eigenvalue weighted by atomic mass is 16.7. The molecule has 1 aromatic rings. The van der Waals surface area contributed by atoms with Crippen molar-refractivity contribution in [3.05, 3.63) is 29.3 Å². The number of Topliss-reactive ketones (excluding diaryl/α,β-unsaturated/α-hetero) is 1. The van der Waals surface area contributed by atoms with Crippen molar-refractivity contribution in [2.24, 2.45) is 0 Å². The molecule has 0 radical (unpaired) electrons. The SMILES string of the molecule is CC(=O)c1cc2c(cc1NC(=O)CN1C(=O)C(=O)N(CCC3=CCCCC3)C1=O)OCO2. The van der Waals surface area contributed by atoms with Crippen LogP contribution in [0.15, 0.2) is 23.8 Å². The Morgan fingerprint density at radius 3 is 2.44 bits per heavy atom. The molecular weight excluding hydrogens is 418 g/mol. The lowest BCUT2D eigenvalue weighted by Crippen LogP contribution is -2.39. The Balaban J connectivity index is 1.42. The number of carbonyl (C=O) groups is 5. The van der Waals surface area contributed by atoms with Gasteiger partial charge in [-0.25, -0.2) is 9.69 Å². The molecule has 4 rings (SSSR count). The third kappa shape index (κ3) is 4.20. The monoisotopic (exact) mass is 441 g/mol. The minimum absolute atomic E-state index is 0.00426. The van der Waals surface area contributed by atoms with Gasteiger partial charge in [0.15, 0.2) is 17.3 Å². The Labute approximate surface area is 184 Å². The predicted molar refractivity (Wildman–Crippen MR) is 111 cm³/mol. The van der Waals surface area contributed by atoms with Crippen LogP contribution in [0.1, 0.15) is 49.4 Å². The topological polar surface area (TPSA) is 122 Å². The lowest BCUT2D eigenvalue weighted by Gasteiger charge is -2.18. The summed E-state index contributed by atoms with van der Waals surface area (Å²) in [6.45, 7) is 0.785. The van der Waals surface area contributed by atoms with E-state index in [9.17, 15) is 24.0 Å². The molecule has 1 saturated heterocycles. The summed E-state index contributed by atoms with van der Waals surface area (Å²) >= 11 is 0. The van der Waals surface area contributed by atoms with Crippen molar-refractivity contribution in [3.63, 3.8) is 0 Å². The van der Waals surface area contributed by atoms with Crippen molar-refractivity contribution in [1.82, 2.24) is 9.80 Å². The smallest absolute Gasteiger partial charge is 0.334 e. The minimum Gasteiger partial charge on any atom is -0.454 e. The van der Waals surface area contributed by atoms with Crippen LogP contribution in [0.3, 0.4) is 0 Å². The molecule has 10 heteroatoms. The number of rotatable bonds is 7. The van der Waals surface area contributed by atoms with E-state index in [2.05, 4.69) is 11.4 Å². The van der Waals surface area contributed by atoms with E-state index < -0.39 is 30.3 Å². The summed E-state index contributed by atoms with van der Waals surface area (Å²) in [6, 6.07) is 2.08. The maximum absolute atomic E-state index is 12.6. The molecular formula is C22H23N3O7. The van der Waals surface area contributed by atoms with Crippen molar-refractivity contribution in [3.8, 4) is 11.5 Å². The van der Waals surface area contributed by atoms with Gasteiger partial charge in [0.1, 0.15) is 6.54 Å². The molecule has 0 saturated carbocycles. The van der Waals surface area contributed by atoms with Gasteiger partial charge in [-0.15, -0.1) is 0 Å². The standard InChI is InChI=1S/C22H23N3O7/c1-13(26)15-9-17-18(32-12-31-17)10-16(15)23-19(27)11-25-21(29)20(28)24(22(25)30)8-7-14-5-3-2-4-6-14/h5,9-10H,2-4,6-8,11-12H2,1H3,(H,23,27). The number of ketones is 1. The normalized spacial score (nSPS) is 17.7. The lowest BCUT2D eigenvalue weighted by molar-refractivity contribution is -0.143. The van der Waals surface area contributed by atoms with E-state index >= 15 is 0 Å². The van der Waals surface area contributed by atoms with E-state index in [0.29, 0.717) is 22.8 Å². The number of hydrogen-bond donors (Lipinski definition) is 1. The van der Waals surface area contributed by atoms with E-state index in [1.54, 1.807) is 0 Å². The molecule has 0 aromatic heterocycles. The Bertz CT molecular complexity index is 1050. The zero-order valence-corrected chi connectivity index (χ0v) is 17.6.